The van der Waals surface area contributed by atoms with Gasteiger partial charge < -0.3 is 10.3 Å². The fraction of sp³-hybridized carbons (Fsp3) is 0.263. The van der Waals surface area contributed by atoms with Gasteiger partial charge in [0.05, 0.1) is 17.6 Å². The van der Waals surface area contributed by atoms with Gasteiger partial charge in [-0.1, -0.05) is 62.0 Å². The van der Waals surface area contributed by atoms with Crippen LogP contribution in [0.2, 0.25) is 0 Å². The minimum Gasteiger partial charge on any atom is -0.389 e. The second kappa shape index (κ2) is 6.92. The molecule has 0 spiro atoms. The molecule has 3 aromatic rings. The smallest absolute Gasteiger partial charge is 0.110 e. The molecule has 0 aliphatic heterocycles. The summed E-state index contributed by atoms with van der Waals surface area (Å²) in [6, 6.07) is 16.4. The molecule has 0 bridgehead atoms. The van der Waals surface area contributed by atoms with Crippen molar-refractivity contribution < 1.29 is 0 Å². The second-order valence-electron chi connectivity index (χ2n) is 5.73. The Morgan fingerprint density at radius 2 is 1.87 bits per heavy atom. The molecule has 0 unspecified atom stereocenters. The lowest BCUT2D eigenvalue weighted by Crippen LogP contribution is -2.15. The number of imidazole rings is 1. The molecule has 0 fully saturated rings. The van der Waals surface area contributed by atoms with Gasteiger partial charge in [0.25, 0.3) is 0 Å². The number of hydrogen-bond acceptors (Lipinski definition) is 2. The molecule has 3 rings (SSSR count). The molecule has 0 atom stereocenters. The van der Waals surface area contributed by atoms with Gasteiger partial charge in [0.15, 0.2) is 0 Å². The monoisotopic (exact) mass is 323 g/mol. The minimum absolute atomic E-state index is 0.445. The Morgan fingerprint density at radius 3 is 2.65 bits per heavy atom. The summed E-state index contributed by atoms with van der Waals surface area (Å²) in [5.41, 5.74) is 10.2. The van der Waals surface area contributed by atoms with Crippen molar-refractivity contribution >= 4 is 28.2 Å². The maximum absolute atomic E-state index is 5.88. The quantitative estimate of drug-likeness (QED) is 0.696. The third-order valence-electron chi connectivity index (χ3n) is 4.10. The van der Waals surface area contributed by atoms with E-state index in [9.17, 15) is 0 Å². The first-order valence-electron chi connectivity index (χ1n) is 8.02. The highest BCUT2D eigenvalue weighted by atomic mass is 32.1. The van der Waals surface area contributed by atoms with Crippen molar-refractivity contribution in [2.75, 3.05) is 0 Å². The SMILES string of the molecule is CCCCc1nc2ccccc2n1Cc1ccccc1C(N)=S. The van der Waals surface area contributed by atoms with E-state index in [0.717, 1.165) is 53.8 Å². The molecule has 3 nitrogen and oxygen atoms in total. The third kappa shape index (κ3) is 3.27. The van der Waals surface area contributed by atoms with Crippen molar-refractivity contribution in [3.63, 3.8) is 0 Å². The van der Waals surface area contributed by atoms with Crippen LogP contribution in [-0.4, -0.2) is 14.5 Å². The molecule has 2 N–H and O–H groups in total. The number of para-hydroxylation sites is 2. The zero-order valence-corrected chi connectivity index (χ0v) is 14.1. The Labute approximate surface area is 142 Å². The molecule has 0 saturated heterocycles. The van der Waals surface area contributed by atoms with Gasteiger partial charge in [0, 0.05) is 12.0 Å². The lowest BCUT2D eigenvalue weighted by Gasteiger charge is -2.12. The van der Waals surface area contributed by atoms with E-state index >= 15 is 0 Å². The van der Waals surface area contributed by atoms with Gasteiger partial charge in [0.1, 0.15) is 10.8 Å². The van der Waals surface area contributed by atoms with Gasteiger partial charge in [-0.3, -0.25) is 0 Å². The molecule has 0 aliphatic carbocycles. The maximum Gasteiger partial charge on any atom is 0.110 e. The normalized spacial score (nSPS) is 11.0. The van der Waals surface area contributed by atoms with Crippen LogP contribution in [0.3, 0.4) is 0 Å². The van der Waals surface area contributed by atoms with Gasteiger partial charge in [-0.05, 0) is 24.1 Å². The average molecular weight is 323 g/mol. The van der Waals surface area contributed by atoms with Crippen molar-refractivity contribution in [3.8, 4) is 0 Å². The first-order valence-corrected chi connectivity index (χ1v) is 8.43. The number of aryl methyl sites for hydroxylation is 1. The Morgan fingerprint density at radius 1 is 1.13 bits per heavy atom. The minimum atomic E-state index is 0.445. The molecule has 0 aliphatic rings. The number of aromatic nitrogens is 2. The van der Waals surface area contributed by atoms with E-state index in [1.807, 2.05) is 24.3 Å². The van der Waals surface area contributed by atoms with Crippen LogP contribution in [0.4, 0.5) is 0 Å². The molecular weight excluding hydrogens is 302 g/mol. The molecule has 23 heavy (non-hydrogen) atoms. The van der Waals surface area contributed by atoms with Crippen molar-refractivity contribution in [1.29, 1.82) is 0 Å². The second-order valence-corrected chi connectivity index (χ2v) is 6.17. The zero-order chi connectivity index (χ0) is 16.2. The highest BCUT2D eigenvalue weighted by molar-refractivity contribution is 7.80. The lowest BCUT2D eigenvalue weighted by atomic mass is 10.1. The van der Waals surface area contributed by atoms with Crippen LogP contribution in [0.5, 0.6) is 0 Å². The number of unbranched alkanes of at least 4 members (excludes halogenated alkanes) is 1. The summed E-state index contributed by atoms with van der Waals surface area (Å²) in [7, 11) is 0. The summed E-state index contributed by atoms with van der Waals surface area (Å²) in [6.07, 6.45) is 3.29. The van der Waals surface area contributed by atoms with Gasteiger partial charge >= 0.3 is 0 Å². The maximum atomic E-state index is 5.88. The predicted molar refractivity (Wildman–Crippen MR) is 99.8 cm³/mol. The summed E-state index contributed by atoms with van der Waals surface area (Å²) in [4.78, 5) is 5.26. The van der Waals surface area contributed by atoms with E-state index < -0.39 is 0 Å². The molecule has 2 aromatic carbocycles. The molecule has 1 heterocycles. The standard InChI is InChI=1S/C19H21N3S/c1-2-3-12-18-21-16-10-6-7-11-17(16)22(18)13-14-8-4-5-9-15(14)19(20)23/h4-11H,2-3,12-13H2,1H3,(H2,20,23). The average Bonchev–Trinajstić information content (AvgIpc) is 2.91. The molecular formula is C19H21N3S. The van der Waals surface area contributed by atoms with E-state index in [0.29, 0.717) is 4.99 Å². The number of benzene rings is 2. The van der Waals surface area contributed by atoms with E-state index in [1.165, 1.54) is 0 Å². The van der Waals surface area contributed by atoms with Crippen LogP contribution in [0.1, 0.15) is 36.7 Å². The van der Waals surface area contributed by atoms with Crippen LogP contribution >= 0.6 is 12.2 Å². The van der Waals surface area contributed by atoms with Gasteiger partial charge in [-0.25, -0.2) is 4.98 Å². The molecule has 0 saturated carbocycles. The van der Waals surface area contributed by atoms with Crippen LogP contribution in [0, 0.1) is 0 Å². The Kier molecular flexibility index (Phi) is 4.72. The van der Waals surface area contributed by atoms with E-state index in [4.69, 9.17) is 22.9 Å². The number of thiocarbonyl (C=S) groups is 1. The third-order valence-corrected chi connectivity index (χ3v) is 4.32. The van der Waals surface area contributed by atoms with Crippen molar-refractivity contribution in [1.82, 2.24) is 9.55 Å². The molecule has 4 heteroatoms. The predicted octanol–water partition coefficient (Wildman–Crippen LogP) is 4.06. The number of hydrogen-bond donors (Lipinski definition) is 1. The van der Waals surface area contributed by atoms with E-state index in [2.05, 4.69) is 35.8 Å². The van der Waals surface area contributed by atoms with Crippen LogP contribution in [-0.2, 0) is 13.0 Å². The fourth-order valence-corrected chi connectivity index (χ4v) is 3.10. The summed E-state index contributed by atoms with van der Waals surface area (Å²) in [5.74, 6) is 1.13. The first-order chi connectivity index (χ1) is 11.2. The largest absolute Gasteiger partial charge is 0.389 e. The highest BCUT2D eigenvalue weighted by Gasteiger charge is 2.12. The van der Waals surface area contributed by atoms with Crippen molar-refractivity contribution in [3.05, 3.63) is 65.5 Å². The number of nitrogens with two attached hydrogens (primary N) is 1. The molecule has 1 aromatic heterocycles. The number of nitrogens with zero attached hydrogens (tertiary/aromatic N) is 2. The zero-order valence-electron chi connectivity index (χ0n) is 13.3. The Bertz CT molecular complexity index is 836. The summed E-state index contributed by atoms with van der Waals surface area (Å²) in [6.45, 7) is 2.95. The van der Waals surface area contributed by atoms with Crippen LogP contribution < -0.4 is 5.73 Å². The Balaban J connectivity index is 2.06. The van der Waals surface area contributed by atoms with Crippen molar-refractivity contribution in [2.45, 2.75) is 32.7 Å². The van der Waals surface area contributed by atoms with Gasteiger partial charge in [-0.2, -0.15) is 0 Å². The summed E-state index contributed by atoms with van der Waals surface area (Å²) >= 11 is 5.20. The topological polar surface area (TPSA) is 43.8 Å². The molecule has 0 radical (unpaired) electrons. The van der Waals surface area contributed by atoms with E-state index in [1.54, 1.807) is 0 Å². The van der Waals surface area contributed by atoms with E-state index in [-0.39, 0.29) is 0 Å². The fourth-order valence-electron chi connectivity index (χ4n) is 2.90. The molecule has 0 amide bonds. The Hall–Kier alpha value is -2.20. The van der Waals surface area contributed by atoms with Gasteiger partial charge in [-0.15, -0.1) is 0 Å². The number of rotatable bonds is 6. The van der Waals surface area contributed by atoms with Crippen LogP contribution in [0.25, 0.3) is 11.0 Å². The first kappa shape index (κ1) is 15.7. The molecule has 118 valence electrons. The summed E-state index contributed by atoms with van der Waals surface area (Å²) in [5, 5.41) is 0. The van der Waals surface area contributed by atoms with Crippen molar-refractivity contribution in [2.24, 2.45) is 5.73 Å². The summed E-state index contributed by atoms with van der Waals surface area (Å²) < 4.78 is 2.29. The number of fused-ring (bicyclic) bond motifs is 1. The highest BCUT2D eigenvalue weighted by Crippen LogP contribution is 2.20. The lowest BCUT2D eigenvalue weighted by molar-refractivity contribution is 0.689. The van der Waals surface area contributed by atoms with Crippen LogP contribution in [0.15, 0.2) is 48.5 Å². The van der Waals surface area contributed by atoms with Gasteiger partial charge in [0.2, 0.25) is 0 Å².